The number of hydrogen-bond donors (Lipinski definition) is 2. The summed E-state index contributed by atoms with van der Waals surface area (Å²) in [4.78, 5) is 24.0. The largest absolute Gasteiger partial charge is 0.493 e. The van der Waals surface area contributed by atoms with Gasteiger partial charge in [-0.3, -0.25) is 4.79 Å². The van der Waals surface area contributed by atoms with Gasteiger partial charge in [-0.25, -0.2) is 4.79 Å². The zero-order chi connectivity index (χ0) is 24.5. The van der Waals surface area contributed by atoms with Crippen LogP contribution < -0.4 is 14.8 Å². The fourth-order valence-corrected chi connectivity index (χ4v) is 3.95. The number of benzene rings is 3. The van der Waals surface area contributed by atoms with Gasteiger partial charge in [0.2, 0.25) is 5.91 Å². The standard InChI is InChI=1S/C26H23BrClNO5/c1-33-23-15-18(13-20(27)25(23)34-16-19-9-5-6-10-21(19)28)11-12-24(30)29-22(26(31)32)14-17-7-3-2-4-8-17/h2-13,15,22H,14,16H2,1H3,(H,29,30)(H,31,32)/b12-11+/t22-/m1/s1. The second-order valence-corrected chi connectivity index (χ2v) is 8.60. The molecule has 0 bridgehead atoms. The van der Waals surface area contributed by atoms with Crippen molar-refractivity contribution in [2.75, 3.05) is 7.11 Å². The Morgan fingerprint density at radius 2 is 1.82 bits per heavy atom. The SMILES string of the molecule is COc1cc(/C=C/C(=O)N[C@H](Cc2ccccc2)C(=O)O)cc(Br)c1OCc1ccccc1Cl. The number of amides is 1. The molecule has 1 amide bonds. The van der Waals surface area contributed by atoms with E-state index in [1.165, 1.54) is 13.2 Å². The van der Waals surface area contributed by atoms with Crippen LogP contribution in [0.1, 0.15) is 16.7 Å². The molecule has 34 heavy (non-hydrogen) atoms. The Bertz CT molecular complexity index is 1180. The van der Waals surface area contributed by atoms with Gasteiger partial charge in [0, 0.05) is 23.1 Å². The van der Waals surface area contributed by atoms with Crippen molar-refractivity contribution in [3.8, 4) is 11.5 Å². The van der Waals surface area contributed by atoms with Gasteiger partial charge in [0.05, 0.1) is 11.6 Å². The van der Waals surface area contributed by atoms with Crippen molar-refractivity contribution < 1.29 is 24.2 Å². The number of carboxylic acid groups (broad SMARTS) is 1. The Labute approximate surface area is 211 Å². The first-order valence-corrected chi connectivity index (χ1v) is 11.5. The molecule has 0 aliphatic rings. The highest BCUT2D eigenvalue weighted by molar-refractivity contribution is 9.10. The lowest BCUT2D eigenvalue weighted by Crippen LogP contribution is -2.41. The Balaban J connectivity index is 1.68. The molecule has 8 heteroatoms. The highest BCUT2D eigenvalue weighted by atomic mass is 79.9. The highest BCUT2D eigenvalue weighted by Crippen LogP contribution is 2.37. The molecule has 176 valence electrons. The Morgan fingerprint density at radius 1 is 1.12 bits per heavy atom. The molecule has 3 rings (SSSR count). The molecule has 0 fully saturated rings. The van der Waals surface area contributed by atoms with Crippen LogP contribution in [0.3, 0.4) is 0 Å². The lowest BCUT2D eigenvalue weighted by atomic mass is 10.1. The number of carboxylic acids is 1. The summed E-state index contributed by atoms with van der Waals surface area (Å²) >= 11 is 9.68. The number of halogens is 2. The minimum atomic E-state index is -1.10. The summed E-state index contributed by atoms with van der Waals surface area (Å²) in [6.07, 6.45) is 3.04. The topological polar surface area (TPSA) is 84.9 Å². The second-order valence-electron chi connectivity index (χ2n) is 7.34. The minimum absolute atomic E-state index is 0.187. The van der Waals surface area contributed by atoms with E-state index in [0.29, 0.717) is 26.6 Å². The molecule has 3 aromatic carbocycles. The highest BCUT2D eigenvalue weighted by Gasteiger charge is 2.19. The minimum Gasteiger partial charge on any atom is -0.493 e. The van der Waals surface area contributed by atoms with Gasteiger partial charge >= 0.3 is 5.97 Å². The summed E-state index contributed by atoms with van der Waals surface area (Å²) in [7, 11) is 1.52. The summed E-state index contributed by atoms with van der Waals surface area (Å²) in [5.74, 6) is -0.653. The van der Waals surface area contributed by atoms with Gasteiger partial charge < -0.3 is 19.9 Å². The van der Waals surface area contributed by atoms with Crippen LogP contribution in [0, 0.1) is 0 Å². The second kappa shape index (κ2) is 12.3. The third kappa shape index (κ3) is 7.10. The van der Waals surface area contributed by atoms with E-state index in [4.69, 9.17) is 21.1 Å². The Hall–Kier alpha value is -3.29. The fourth-order valence-electron chi connectivity index (χ4n) is 3.18. The molecule has 0 radical (unpaired) electrons. The van der Waals surface area contributed by atoms with Crippen LogP contribution in [0.2, 0.25) is 5.02 Å². The van der Waals surface area contributed by atoms with Crippen molar-refractivity contribution in [2.45, 2.75) is 19.1 Å². The van der Waals surface area contributed by atoms with E-state index in [2.05, 4.69) is 21.2 Å². The fraction of sp³-hybridized carbons (Fsp3) is 0.154. The number of ether oxygens (including phenoxy) is 2. The number of methoxy groups -OCH3 is 1. The lowest BCUT2D eigenvalue weighted by molar-refractivity contribution is -0.141. The van der Waals surface area contributed by atoms with Gasteiger partial charge in [-0.2, -0.15) is 0 Å². The maximum Gasteiger partial charge on any atom is 0.326 e. The average molecular weight is 545 g/mol. The van der Waals surface area contributed by atoms with Gasteiger partial charge in [0.25, 0.3) is 0 Å². The van der Waals surface area contributed by atoms with Gasteiger partial charge in [0.1, 0.15) is 12.6 Å². The summed E-state index contributed by atoms with van der Waals surface area (Å²) in [5, 5.41) is 12.6. The van der Waals surface area contributed by atoms with E-state index in [1.807, 2.05) is 48.5 Å². The van der Waals surface area contributed by atoms with E-state index in [9.17, 15) is 14.7 Å². The molecule has 0 aliphatic heterocycles. The number of hydrogen-bond acceptors (Lipinski definition) is 4. The molecule has 0 spiro atoms. The maximum atomic E-state index is 12.4. The average Bonchev–Trinajstić information content (AvgIpc) is 2.83. The third-order valence-electron chi connectivity index (χ3n) is 4.91. The predicted octanol–water partition coefficient (Wildman–Crippen LogP) is 5.52. The number of nitrogens with one attached hydrogen (secondary N) is 1. The van der Waals surface area contributed by atoms with Crippen LogP contribution >= 0.6 is 27.5 Å². The van der Waals surface area contributed by atoms with Crippen molar-refractivity contribution in [2.24, 2.45) is 0 Å². The van der Waals surface area contributed by atoms with Crippen LogP contribution in [0.4, 0.5) is 0 Å². The molecule has 0 saturated carbocycles. The van der Waals surface area contributed by atoms with Gasteiger partial charge in [-0.1, -0.05) is 60.1 Å². The molecule has 6 nitrogen and oxygen atoms in total. The molecular formula is C26H23BrClNO5. The van der Waals surface area contributed by atoms with Crippen LogP contribution in [0.25, 0.3) is 6.08 Å². The third-order valence-corrected chi connectivity index (χ3v) is 5.86. The monoisotopic (exact) mass is 543 g/mol. The molecule has 2 N–H and O–H groups in total. The van der Waals surface area contributed by atoms with Gasteiger partial charge in [0.15, 0.2) is 11.5 Å². The van der Waals surface area contributed by atoms with Gasteiger partial charge in [-0.05, 0) is 51.3 Å². The summed E-state index contributed by atoms with van der Waals surface area (Å²) in [6, 6.07) is 19.0. The number of carbonyl (C=O) groups is 2. The van der Waals surface area contributed by atoms with Crippen LogP contribution in [0.5, 0.6) is 11.5 Å². The van der Waals surface area contributed by atoms with Crippen molar-refractivity contribution in [1.29, 1.82) is 0 Å². The van der Waals surface area contributed by atoms with Crippen molar-refractivity contribution in [1.82, 2.24) is 5.32 Å². The van der Waals surface area contributed by atoms with E-state index in [0.717, 1.165) is 11.1 Å². The first kappa shape index (κ1) is 25.3. The molecule has 0 heterocycles. The molecule has 0 saturated heterocycles. The van der Waals surface area contributed by atoms with Gasteiger partial charge in [-0.15, -0.1) is 0 Å². The van der Waals surface area contributed by atoms with E-state index < -0.39 is 17.9 Å². The van der Waals surface area contributed by atoms with E-state index in [1.54, 1.807) is 24.3 Å². The first-order valence-electron chi connectivity index (χ1n) is 10.4. The first-order chi connectivity index (χ1) is 16.4. The summed E-state index contributed by atoms with van der Waals surface area (Å²) in [5.41, 5.74) is 2.32. The molecule has 3 aromatic rings. The van der Waals surface area contributed by atoms with E-state index >= 15 is 0 Å². The summed E-state index contributed by atoms with van der Waals surface area (Å²) < 4.78 is 12.0. The molecule has 0 aromatic heterocycles. The van der Waals surface area contributed by atoms with Crippen LogP contribution in [-0.2, 0) is 22.6 Å². The van der Waals surface area contributed by atoms with Crippen LogP contribution in [0.15, 0.2) is 77.3 Å². The van der Waals surface area contributed by atoms with Crippen molar-refractivity contribution in [3.63, 3.8) is 0 Å². The molecular weight excluding hydrogens is 522 g/mol. The van der Waals surface area contributed by atoms with Crippen molar-refractivity contribution >= 4 is 45.5 Å². The summed E-state index contributed by atoms with van der Waals surface area (Å²) in [6.45, 7) is 0.254. The van der Waals surface area contributed by atoms with Crippen LogP contribution in [-0.4, -0.2) is 30.1 Å². The molecule has 1 atom stereocenters. The normalized spacial score (nSPS) is 11.7. The van der Waals surface area contributed by atoms with E-state index in [-0.39, 0.29) is 13.0 Å². The zero-order valence-corrected chi connectivity index (χ0v) is 20.7. The number of rotatable bonds is 10. The predicted molar refractivity (Wildman–Crippen MR) is 135 cm³/mol. The Morgan fingerprint density at radius 3 is 2.50 bits per heavy atom. The maximum absolute atomic E-state index is 12.4. The lowest BCUT2D eigenvalue weighted by Gasteiger charge is -2.14. The zero-order valence-electron chi connectivity index (χ0n) is 18.3. The quantitative estimate of drug-likeness (QED) is 0.329. The number of aliphatic carboxylic acids is 1. The molecule has 0 unspecified atom stereocenters. The molecule has 0 aliphatic carbocycles. The Kier molecular flexibility index (Phi) is 9.13. The number of carbonyl (C=O) groups excluding carboxylic acids is 1. The smallest absolute Gasteiger partial charge is 0.326 e. The van der Waals surface area contributed by atoms with Crippen molar-refractivity contribution in [3.05, 3.63) is 99.0 Å².